The molecule has 1 N–H and O–H groups in total. The number of Topliss-reactive ketones (excluding diaryl/α,β-unsaturated/α-hetero) is 1. The lowest BCUT2D eigenvalue weighted by Gasteiger charge is -2.23. The molecule has 2 aromatic rings. The Bertz CT molecular complexity index is 954. The molecular weight excluding hydrogens is 312 g/mol. The number of allylic oxidation sites excluding steroid dienone is 2. The molecule has 0 aromatic heterocycles. The number of nitrogens with zero attached hydrogens (tertiary/aromatic N) is 2. The van der Waals surface area contributed by atoms with Gasteiger partial charge in [0.2, 0.25) is 0 Å². The highest BCUT2D eigenvalue weighted by molar-refractivity contribution is 6.35. The smallest absolute Gasteiger partial charge is 0.273 e. The van der Waals surface area contributed by atoms with E-state index < -0.39 is 0 Å². The molecule has 4 nitrogen and oxygen atoms in total. The first kappa shape index (κ1) is 16.6. The van der Waals surface area contributed by atoms with E-state index in [1.165, 1.54) is 0 Å². The van der Waals surface area contributed by atoms with E-state index in [0.717, 1.165) is 23.1 Å². The van der Waals surface area contributed by atoms with Crippen molar-refractivity contribution in [2.45, 2.75) is 19.3 Å². The number of benzene rings is 2. The van der Waals surface area contributed by atoms with Crippen molar-refractivity contribution < 1.29 is 9.90 Å². The van der Waals surface area contributed by atoms with Crippen LogP contribution in [0.15, 0.2) is 48.2 Å². The normalized spacial score (nSPS) is 15.4. The molecule has 0 radical (unpaired) electrons. The molecule has 1 atom stereocenters. The van der Waals surface area contributed by atoms with Crippen molar-refractivity contribution in [3.63, 3.8) is 0 Å². The van der Waals surface area contributed by atoms with Crippen LogP contribution in [0.5, 0.6) is 0 Å². The summed E-state index contributed by atoms with van der Waals surface area (Å²) in [6.07, 6.45) is 0.758. The van der Waals surface area contributed by atoms with Gasteiger partial charge in [0.25, 0.3) is 5.70 Å². The van der Waals surface area contributed by atoms with E-state index in [2.05, 4.69) is 4.85 Å². The first-order valence-electron chi connectivity index (χ1n) is 8.07. The first-order valence-corrected chi connectivity index (χ1v) is 8.07. The van der Waals surface area contributed by atoms with Crippen LogP contribution in [-0.4, -0.2) is 17.5 Å². The van der Waals surface area contributed by atoms with Crippen molar-refractivity contribution in [3.8, 4) is 17.2 Å². The van der Waals surface area contributed by atoms with Crippen LogP contribution in [0.1, 0.15) is 40.7 Å². The maximum Gasteiger partial charge on any atom is 0.273 e. The minimum atomic E-state index is -0.309. The third-order valence-electron chi connectivity index (χ3n) is 4.64. The number of aliphatic hydroxyl groups is 1. The van der Waals surface area contributed by atoms with Gasteiger partial charge in [-0.3, -0.25) is 4.79 Å². The Labute approximate surface area is 146 Å². The molecule has 1 aliphatic carbocycles. The number of fused-ring (bicyclic) bond motifs is 3. The van der Waals surface area contributed by atoms with E-state index in [-0.39, 0.29) is 29.6 Å². The lowest BCUT2D eigenvalue weighted by atomic mass is 9.79. The molecule has 3 rings (SSSR count). The van der Waals surface area contributed by atoms with Crippen molar-refractivity contribution in [2.75, 3.05) is 6.61 Å². The summed E-state index contributed by atoms with van der Waals surface area (Å²) in [5, 5.41) is 18.8. The third-order valence-corrected chi connectivity index (χ3v) is 4.64. The zero-order chi connectivity index (χ0) is 18.0. The van der Waals surface area contributed by atoms with Crippen LogP contribution in [0.2, 0.25) is 0 Å². The number of hydrogen-bond acceptors (Lipinski definition) is 3. The molecule has 0 bridgehead atoms. The average molecular weight is 328 g/mol. The Morgan fingerprint density at radius 3 is 2.48 bits per heavy atom. The van der Waals surface area contributed by atoms with Gasteiger partial charge in [0.15, 0.2) is 5.78 Å². The fraction of sp³-hybridized carbons (Fsp3) is 0.190. The van der Waals surface area contributed by atoms with E-state index in [4.69, 9.17) is 6.57 Å². The molecule has 122 valence electrons. The maximum absolute atomic E-state index is 13.1. The molecule has 0 saturated heterocycles. The van der Waals surface area contributed by atoms with Gasteiger partial charge in [0, 0.05) is 23.7 Å². The minimum Gasteiger partial charge on any atom is -0.396 e. The van der Waals surface area contributed by atoms with Crippen LogP contribution >= 0.6 is 0 Å². The molecule has 0 amide bonds. The molecule has 2 aromatic carbocycles. The summed E-state index contributed by atoms with van der Waals surface area (Å²) in [7, 11) is 0. The maximum atomic E-state index is 13.1. The van der Waals surface area contributed by atoms with E-state index in [1.54, 1.807) is 18.2 Å². The second kappa shape index (κ2) is 6.73. The third kappa shape index (κ3) is 2.63. The first-order chi connectivity index (χ1) is 12.2. The van der Waals surface area contributed by atoms with Gasteiger partial charge >= 0.3 is 0 Å². The molecule has 4 heteroatoms. The summed E-state index contributed by atoms with van der Waals surface area (Å²) in [5.74, 6) is -0.352. The van der Waals surface area contributed by atoms with Crippen molar-refractivity contribution in [3.05, 3.63) is 76.3 Å². The lowest BCUT2D eigenvalue weighted by Crippen LogP contribution is -2.14. The van der Waals surface area contributed by atoms with Gasteiger partial charge in [-0.1, -0.05) is 43.3 Å². The Balaban J connectivity index is 2.32. The fourth-order valence-corrected chi connectivity index (χ4v) is 3.27. The van der Waals surface area contributed by atoms with Crippen LogP contribution in [0.3, 0.4) is 0 Å². The van der Waals surface area contributed by atoms with Gasteiger partial charge in [-0.2, -0.15) is 0 Å². The molecule has 0 heterocycles. The molecule has 0 aliphatic heterocycles. The van der Waals surface area contributed by atoms with Gasteiger partial charge in [0.05, 0.1) is 12.6 Å². The predicted octanol–water partition coefficient (Wildman–Crippen LogP) is 4.19. The molecule has 0 fully saturated rings. The van der Waals surface area contributed by atoms with Crippen molar-refractivity contribution in [2.24, 2.45) is 0 Å². The SMILES string of the molecule is [C-]#[N+]/C(C#N)=C1\C(=O)c2cc(C(CC)CO)ccc2-c2ccccc21. The van der Waals surface area contributed by atoms with Crippen LogP contribution in [0.25, 0.3) is 21.5 Å². The predicted molar refractivity (Wildman–Crippen MR) is 95.5 cm³/mol. The standard InChI is InChI=1S/C21H16N2O2/c1-3-13(12-24)14-8-9-16-15-6-4-5-7-17(15)20(19(11-22)23-2)21(25)18(16)10-14/h4-10,13,24H,3,12H2,1H3/b20-19-. The summed E-state index contributed by atoms with van der Waals surface area (Å²) in [6.45, 7) is 9.23. The van der Waals surface area contributed by atoms with E-state index in [1.807, 2.05) is 37.3 Å². The Hall–Kier alpha value is -3.21. The van der Waals surface area contributed by atoms with E-state index in [0.29, 0.717) is 11.1 Å². The molecule has 25 heavy (non-hydrogen) atoms. The van der Waals surface area contributed by atoms with Crippen LogP contribution < -0.4 is 0 Å². The summed E-state index contributed by atoms with van der Waals surface area (Å²) >= 11 is 0. The van der Waals surface area contributed by atoms with E-state index in [9.17, 15) is 15.2 Å². The quantitative estimate of drug-likeness (QED) is 0.522. The van der Waals surface area contributed by atoms with Crippen molar-refractivity contribution in [1.82, 2.24) is 0 Å². The zero-order valence-electron chi connectivity index (χ0n) is 13.8. The number of hydrogen-bond donors (Lipinski definition) is 1. The lowest BCUT2D eigenvalue weighted by molar-refractivity contribution is 0.105. The average Bonchev–Trinajstić information content (AvgIpc) is 2.66. The number of nitriles is 1. The highest BCUT2D eigenvalue weighted by atomic mass is 16.3. The number of aliphatic hydroxyl groups excluding tert-OH is 1. The molecule has 0 spiro atoms. The van der Waals surface area contributed by atoms with Crippen molar-refractivity contribution >= 4 is 11.4 Å². The Morgan fingerprint density at radius 2 is 1.88 bits per heavy atom. The second-order valence-electron chi connectivity index (χ2n) is 5.91. The monoisotopic (exact) mass is 328 g/mol. The molecular formula is C21H16N2O2. The van der Waals surface area contributed by atoms with Gasteiger partial charge in [-0.25, -0.2) is 10.1 Å². The Morgan fingerprint density at radius 1 is 1.20 bits per heavy atom. The zero-order valence-corrected chi connectivity index (χ0v) is 13.8. The summed E-state index contributed by atoms with van der Waals surface area (Å²) in [6, 6.07) is 14.8. The van der Waals surface area contributed by atoms with Gasteiger partial charge in [0.1, 0.15) is 0 Å². The summed E-state index contributed by atoms with van der Waals surface area (Å²) in [4.78, 5) is 16.3. The Kier molecular flexibility index (Phi) is 4.48. The highest BCUT2D eigenvalue weighted by Gasteiger charge is 2.30. The number of rotatable bonds is 3. The fourth-order valence-electron chi connectivity index (χ4n) is 3.27. The molecule has 1 unspecified atom stereocenters. The van der Waals surface area contributed by atoms with Gasteiger partial charge in [-0.15, -0.1) is 0 Å². The van der Waals surface area contributed by atoms with Crippen LogP contribution in [-0.2, 0) is 0 Å². The summed E-state index contributed by atoms with van der Waals surface area (Å²) < 4.78 is 0. The number of carbonyl (C=O) groups is 1. The van der Waals surface area contributed by atoms with Crippen LogP contribution in [0.4, 0.5) is 0 Å². The number of ketones is 1. The van der Waals surface area contributed by atoms with Crippen LogP contribution in [0, 0.1) is 17.9 Å². The second-order valence-corrected chi connectivity index (χ2v) is 5.91. The van der Waals surface area contributed by atoms with Gasteiger partial charge in [-0.05, 0) is 34.7 Å². The van der Waals surface area contributed by atoms with E-state index >= 15 is 0 Å². The van der Waals surface area contributed by atoms with Gasteiger partial charge < -0.3 is 5.11 Å². The summed E-state index contributed by atoms with van der Waals surface area (Å²) in [5.41, 5.74) is 3.59. The largest absolute Gasteiger partial charge is 0.396 e. The van der Waals surface area contributed by atoms with Crippen molar-refractivity contribution in [1.29, 1.82) is 5.26 Å². The highest BCUT2D eigenvalue weighted by Crippen LogP contribution is 2.41. The minimum absolute atomic E-state index is 0.00819. The number of carbonyl (C=O) groups excluding carboxylic acids is 1. The molecule has 0 saturated carbocycles. The molecule has 1 aliphatic rings. The topological polar surface area (TPSA) is 65.5 Å².